The summed E-state index contributed by atoms with van der Waals surface area (Å²) in [7, 11) is 1.89. The van der Waals surface area contributed by atoms with Gasteiger partial charge in [0.2, 0.25) is 0 Å². The highest BCUT2D eigenvalue weighted by Gasteiger charge is 2.31. The molecule has 5 aliphatic heterocycles. The number of fused-ring (bicyclic) bond motifs is 4. The van der Waals surface area contributed by atoms with Crippen LogP contribution in [0.5, 0.6) is 0 Å². The molecule has 6 aliphatic rings. The number of aromatic nitrogens is 3. The average Bonchev–Trinajstić information content (AvgIpc) is 1.63. The van der Waals surface area contributed by atoms with Gasteiger partial charge in [-0.3, -0.25) is 53.3 Å². The van der Waals surface area contributed by atoms with Gasteiger partial charge in [-0.05, 0) is 264 Å². The number of carbonyl (C=O) groups is 8. The van der Waals surface area contributed by atoms with Crippen molar-refractivity contribution < 1.29 is 57.5 Å². The number of aryl methyl sites for hydroxylation is 1. The minimum atomic E-state index is -0.228. The summed E-state index contributed by atoms with van der Waals surface area (Å²) in [5, 5.41) is 22.6. The van der Waals surface area contributed by atoms with E-state index < -0.39 is 0 Å². The molecule has 2 fully saturated rings. The quantitative estimate of drug-likeness (QED) is 0.0349. The topological polar surface area (TPSA) is 318 Å². The van der Waals surface area contributed by atoms with Crippen LogP contribution in [0.3, 0.4) is 0 Å². The number of halogens is 5. The number of pyridine rings is 1. The lowest BCUT2D eigenvalue weighted by atomic mass is 10.1. The Bertz CT molecular complexity index is 7030. The molecule has 0 unspecified atom stereocenters. The van der Waals surface area contributed by atoms with Crippen LogP contribution in [0, 0.1) is 6.92 Å². The van der Waals surface area contributed by atoms with Gasteiger partial charge in [0.1, 0.15) is 46.1 Å². The van der Waals surface area contributed by atoms with E-state index in [0.29, 0.717) is 158 Å². The summed E-state index contributed by atoms with van der Waals surface area (Å²) < 4.78 is 23.9. The molecule has 29 heteroatoms. The van der Waals surface area contributed by atoms with Gasteiger partial charge < -0.3 is 64.7 Å². The molecule has 0 atom stereocenters. The smallest absolute Gasteiger partial charge is 0.256 e. The van der Waals surface area contributed by atoms with E-state index in [-0.39, 0.29) is 55.2 Å². The Morgan fingerprint density at radius 2 is 0.835 bits per heavy atom. The van der Waals surface area contributed by atoms with Crippen molar-refractivity contribution in [2.45, 2.75) is 64.6 Å². The number of nitrogens with zero attached hydrogens (tertiary/aromatic N) is 5. The molecule has 24 nitrogen and oxygen atoms in total. The van der Waals surface area contributed by atoms with E-state index in [1.807, 2.05) is 85.6 Å². The van der Waals surface area contributed by atoms with Crippen LogP contribution in [-0.2, 0) is 32.3 Å². The Hall–Kier alpha value is -14.8. The normalized spacial score (nSPS) is 15.2. The highest BCUT2D eigenvalue weighted by molar-refractivity contribution is 6.40. The van der Waals surface area contributed by atoms with Gasteiger partial charge in [0.05, 0.1) is 57.0 Å². The summed E-state index contributed by atoms with van der Waals surface area (Å²) in [5.41, 5.74) is 15.3. The SMILES string of the molecule is CN(C(=O)c1cccc(-c2ccc(/C=C3/C(=O)Nc4ccc(Cl)cc43)o2)c1)C1CCCC1.Cc1cnc(CNC(=O)c2cccc(-c3ccc(/C=C4/C(=O)Nc5ccc(Cl)cc54)o3)c2)cn1.O=C1Nc2ccc(Cl)cc2/C1=C\c1ccc(-c2ccc(Cl)c(C(=O)NCCN3CCCC3)c2)o1.O=C1Nc2ccc(Cl)cc2/C1=C\c1ccc(-c2cccc(C(=O)NCc3ccncc3)c2)o1.[HH]. The molecule has 668 valence electrons. The van der Waals surface area contributed by atoms with E-state index in [2.05, 4.69) is 57.1 Å². The third kappa shape index (κ3) is 21.6. The monoisotopic (exact) mass is 1870 g/mol. The molecule has 8 aromatic carbocycles. The Labute approximate surface area is 790 Å². The van der Waals surface area contributed by atoms with Crippen LogP contribution in [-0.4, -0.2) is 111 Å². The maximum atomic E-state index is 13.0. The molecule has 6 aromatic heterocycles. The molecule has 133 heavy (non-hydrogen) atoms. The Morgan fingerprint density at radius 1 is 0.436 bits per heavy atom. The first-order chi connectivity index (χ1) is 64.5. The van der Waals surface area contributed by atoms with E-state index in [4.69, 9.17) is 75.7 Å². The van der Waals surface area contributed by atoms with Crippen molar-refractivity contribution in [2.24, 2.45) is 0 Å². The number of rotatable bonds is 20. The second-order valence-electron chi connectivity index (χ2n) is 32.1. The Morgan fingerprint density at radius 3 is 1.25 bits per heavy atom. The van der Waals surface area contributed by atoms with Gasteiger partial charge in [-0.1, -0.05) is 107 Å². The molecule has 1 aliphatic carbocycles. The minimum absolute atomic E-state index is 0. The molecule has 11 heterocycles. The summed E-state index contributed by atoms with van der Waals surface area (Å²) in [4.78, 5) is 117. The number of furan rings is 4. The van der Waals surface area contributed by atoms with Crippen molar-refractivity contribution in [3.63, 3.8) is 0 Å². The lowest BCUT2D eigenvalue weighted by Crippen LogP contribution is -2.35. The number of benzene rings is 8. The first-order valence-electron chi connectivity index (χ1n) is 42.8. The van der Waals surface area contributed by atoms with Crippen LogP contribution in [0.1, 0.15) is 144 Å². The first kappa shape index (κ1) is 90.2. The van der Waals surface area contributed by atoms with E-state index in [1.165, 1.54) is 25.7 Å². The molecule has 0 spiro atoms. The van der Waals surface area contributed by atoms with Gasteiger partial charge in [0, 0.05) is 157 Å². The van der Waals surface area contributed by atoms with Crippen LogP contribution in [0.15, 0.2) is 267 Å². The van der Waals surface area contributed by atoms with Crippen LogP contribution in [0.4, 0.5) is 22.7 Å². The number of anilines is 4. The maximum absolute atomic E-state index is 13.0. The third-order valence-electron chi connectivity index (χ3n) is 23.0. The van der Waals surface area contributed by atoms with Gasteiger partial charge in [-0.15, -0.1) is 0 Å². The summed E-state index contributed by atoms with van der Waals surface area (Å²) in [5.74, 6) is 3.06. The zero-order chi connectivity index (χ0) is 92.3. The fourth-order valence-electron chi connectivity index (χ4n) is 16.1. The van der Waals surface area contributed by atoms with Gasteiger partial charge >= 0.3 is 0 Å². The van der Waals surface area contributed by atoms with Crippen molar-refractivity contribution in [2.75, 3.05) is 54.5 Å². The van der Waals surface area contributed by atoms with E-state index in [1.54, 1.807) is 207 Å². The molecule has 14 aromatic rings. The molecule has 1 saturated heterocycles. The minimum Gasteiger partial charge on any atom is -0.457 e. The lowest BCUT2D eigenvalue weighted by Gasteiger charge is -2.24. The van der Waals surface area contributed by atoms with E-state index >= 15 is 0 Å². The van der Waals surface area contributed by atoms with E-state index in [0.717, 1.165) is 93.9 Å². The third-order valence-corrected chi connectivity index (χ3v) is 24.3. The van der Waals surface area contributed by atoms with Crippen LogP contribution < -0.4 is 37.2 Å². The standard InChI is InChI=1S/C26H23Cl2N3O3.C26H19ClN4O3.C26H18ClN3O3.C26H23ClN2O3.H2/c27-17-4-7-23-19(14-17)20(26(33)30-23)15-18-5-8-24(34-18)16-3-6-22(28)21(13-16)25(32)29-9-12-31-10-1-2-11-31;1-15-12-29-19(13-28-15)14-30-25(32)17-4-2-3-16(9-17)24-8-6-20(34-24)11-22-21-10-18(27)5-7-23(21)31-26(22)33;27-19-4-6-23-21(13-19)22(26(32)30-23)14-20-5-7-24(33-20)17-2-1-3-18(12-17)25(31)29-15-16-8-10-28-11-9-16;1-29(19-7-2-3-8-19)26(31)17-6-4-5-16(13-17)24-12-10-20(32-24)15-22-21-14-18(27)9-11-23(21)28-25(22)30;/h3-8,13-15H,1-2,9-12H2,(H,29,32)(H,30,33);2-13H,14H2,1H3,(H,30,32)(H,31,33);1-14H,15H2,(H,29,31)(H,30,32);4-6,9-15,19H,2-3,7-8H2,1H3,(H,28,30);1H/b20-15+;22-11+;22-14+;22-15+;. The predicted octanol–water partition coefficient (Wildman–Crippen LogP) is 22.5. The number of amides is 8. The molecular formula is C104H85Cl5N12O12. The molecule has 1 saturated carbocycles. The summed E-state index contributed by atoms with van der Waals surface area (Å²) in [6, 6.07) is 66.5. The average molecular weight is 1870 g/mol. The van der Waals surface area contributed by atoms with E-state index in [9.17, 15) is 38.4 Å². The molecule has 20 rings (SSSR count). The Balaban J connectivity index is 0.000000130. The van der Waals surface area contributed by atoms with Gasteiger partial charge in [-0.2, -0.15) is 0 Å². The zero-order valence-electron chi connectivity index (χ0n) is 71.6. The molecule has 0 bridgehead atoms. The first-order valence-corrected chi connectivity index (χ1v) is 44.7. The van der Waals surface area contributed by atoms with Crippen LogP contribution in [0.25, 0.3) is 91.9 Å². The molecular weight excluding hydrogens is 1790 g/mol. The predicted molar refractivity (Wildman–Crippen MR) is 521 cm³/mol. The second kappa shape index (κ2) is 40.7. The van der Waals surface area contributed by atoms with Crippen molar-refractivity contribution >= 4 is 175 Å². The number of hydrogen-bond donors (Lipinski definition) is 7. The van der Waals surface area contributed by atoms with Gasteiger partial charge in [-0.25, -0.2) is 0 Å². The fourth-order valence-corrected chi connectivity index (χ4v) is 17.0. The summed E-state index contributed by atoms with van der Waals surface area (Å²) in [6.07, 6.45) is 20.4. The number of likely N-dealkylation sites (tertiary alicyclic amines) is 1. The number of nitrogens with one attached hydrogen (secondary N) is 7. The van der Waals surface area contributed by atoms with Crippen molar-refractivity contribution in [1.82, 2.24) is 40.7 Å². The fraction of sp³-hybridized carbons (Fsp3) is 0.144. The van der Waals surface area contributed by atoms with Crippen molar-refractivity contribution in [1.29, 1.82) is 0 Å². The molecule has 8 amide bonds. The maximum Gasteiger partial charge on any atom is 0.256 e. The van der Waals surface area contributed by atoms with Gasteiger partial charge in [0.15, 0.2) is 0 Å². The molecule has 0 radical (unpaired) electrons. The summed E-state index contributed by atoms with van der Waals surface area (Å²) in [6.45, 7) is 6.13. The molecule has 7 N–H and O–H groups in total. The lowest BCUT2D eigenvalue weighted by molar-refractivity contribution is -0.111. The Kier molecular flexibility index (Phi) is 27.6. The second-order valence-corrected chi connectivity index (χ2v) is 34.2. The number of hydrogen-bond acceptors (Lipinski definition) is 16. The highest BCUT2D eigenvalue weighted by Crippen LogP contribution is 2.42. The zero-order valence-corrected chi connectivity index (χ0v) is 75.3. The van der Waals surface area contributed by atoms with Crippen LogP contribution >= 0.6 is 58.0 Å². The highest BCUT2D eigenvalue weighted by atomic mass is 35.5. The number of carbonyl (C=O) groups excluding carboxylic acids is 8. The van der Waals surface area contributed by atoms with Crippen molar-refractivity contribution in [3.05, 3.63) is 359 Å². The van der Waals surface area contributed by atoms with Gasteiger partial charge in [0.25, 0.3) is 47.3 Å². The summed E-state index contributed by atoms with van der Waals surface area (Å²) >= 11 is 30.7. The van der Waals surface area contributed by atoms with Crippen molar-refractivity contribution in [3.8, 4) is 45.3 Å². The largest absolute Gasteiger partial charge is 0.457 e. The van der Waals surface area contributed by atoms with Crippen LogP contribution in [0.2, 0.25) is 25.1 Å².